The van der Waals surface area contributed by atoms with E-state index in [1.807, 2.05) is 19.1 Å². The number of aryl methyl sites for hydroxylation is 1. The second-order valence-corrected chi connectivity index (χ2v) is 6.36. The lowest BCUT2D eigenvalue weighted by atomic mass is 10.1. The predicted molar refractivity (Wildman–Crippen MR) is 89.6 cm³/mol. The molecule has 1 fully saturated rings. The molecule has 1 aliphatic heterocycles. The number of ether oxygens (including phenoxy) is 1. The number of amides is 1. The van der Waals surface area contributed by atoms with Gasteiger partial charge in [0, 0.05) is 30.0 Å². The molecule has 0 aliphatic carbocycles. The number of nitrogens with zero attached hydrogens (tertiary/aromatic N) is 2. The van der Waals surface area contributed by atoms with Gasteiger partial charge >= 0.3 is 0 Å². The van der Waals surface area contributed by atoms with Crippen LogP contribution in [0.1, 0.15) is 32.1 Å². The van der Waals surface area contributed by atoms with E-state index >= 15 is 0 Å². The van der Waals surface area contributed by atoms with Crippen LogP contribution in [0.15, 0.2) is 28.8 Å². The van der Waals surface area contributed by atoms with Crippen LogP contribution in [0.25, 0.3) is 11.4 Å². The Bertz CT molecular complexity index is 681. The van der Waals surface area contributed by atoms with E-state index in [4.69, 9.17) is 20.9 Å². The van der Waals surface area contributed by atoms with Crippen LogP contribution >= 0.6 is 11.6 Å². The summed E-state index contributed by atoms with van der Waals surface area (Å²) < 4.78 is 10.8. The minimum absolute atomic E-state index is 0.0207. The van der Waals surface area contributed by atoms with E-state index in [2.05, 4.69) is 15.5 Å². The lowest BCUT2D eigenvalue weighted by Crippen LogP contribution is -2.40. The third-order valence-electron chi connectivity index (χ3n) is 4.05. The molecule has 1 aromatic heterocycles. The Labute approximate surface area is 145 Å². The largest absolute Gasteiger partial charge is 0.376 e. The number of nitrogens with one attached hydrogen (secondary N) is 1. The SMILES string of the molecule is C[C@H](NC(=O)CCc1nc(-c2ccc(Cl)cc2)no1)[C@H]1CCCO1. The maximum Gasteiger partial charge on any atom is 0.227 e. The van der Waals surface area contributed by atoms with Gasteiger partial charge in [-0.1, -0.05) is 16.8 Å². The number of rotatable bonds is 6. The van der Waals surface area contributed by atoms with Gasteiger partial charge in [-0.25, -0.2) is 0 Å². The highest BCUT2D eigenvalue weighted by molar-refractivity contribution is 6.30. The van der Waals surface area contributed by atoms with Crippen molar-refractivity contribution in [2.75, 3.05) is 6.61 Å². The molecule has 0 saturated carbocycles. The summed E-state index contributed by atoms with van der Waals surface area (Å²) in [6, 6.07) is 7.21. The maximum atomic E-state index is 12.0. The summed E-state index contributed by atoms with van der Waals surface area (Å²) in [6.07, 6.45) is 2.88. The van der Waals surface area contributed by atoms with Crippen molar-refractivity contribution in [3.8, 4) is 11.4 Å². The molecule has 1 amide bonds. The number of hydrogen-bond donors (Lipinski definition) is 1. The molecule has 3 rings (SSSR count). The summed E-state index contributed by atoms with van der Waals surface area (Å²) >= 11 is 5.86. The molecule has 1 N–H and O–H groups in total. The quantitative estimate of drug-likeness (QED) is 0.867. The molecule has 1 aliphatic rings. The molecule has 24 heavy (non-hydrogen) atoms. The monoisotopic (exact) mass is 349 g/mol. The maximum absolute atomic E-state index is 12.0. The Morgan fingerprint density at radius 3 is 2.92 bits per heavy atom. The topological polar surface area (TPSA) is 77.3 Å². The summed E-state index contributed by atoms with van der Waals surface area (Å²) in [7, 11) is 0. The van der Waals surface area contributed by atoms with Crippen molar-refractivity contribution in [1.82, 2.24) is 15.5 Å². The highest BCUT2D eigenvalue weighted by atomic mass is 35.5. The van der Waals surface area contributed by atoms with Crippen LogP contribution in [0, 0.1) is 0 Å². The molecule has 1 saturated heterocycles. The third-order valence-corrected chi connectivity index (χ3v) is 4.30. The third kappa shape index (κ3) is 4.33. The Hall–Kier alpha value is -1.92. The lowest BCUT2D eigenvalue weighted by Gasteiger charge is -2.19. The van der Waals surface area contributed by atoms with Crippen LogP contribution in [0.5, 0.6) is 0 Å². The Morgan fingerprint density at radius 2 is 2.21 bits per heavy atom. The molecule has 7 heteroatoms. The van der Waals surface area contributed by atoms with E-state index in [-0.39, 0.29) is 18.1 Å². The van der Waals surface area contributed by atoms with Crippen molar-refractivity contribution in [2.45, 2.75) is 44.8 Å². The first-order valence-electron chi connectivity index (χ1n) is 8.11. The number of aromatic nitrogens is 2. The molecule has 2 atom stereocenters. The molecule has 0 unspecified atom stereocenters. The second kappa shape index (κ2) is 7.77. The van der Waals surface area contributed by atoms with Crippen molar-refractivity contribution in [3.63, 3.8) is 0 Å². The average Bonchev–Trinajstić information content (AvgIpc) is 3.25. The Morgan fingerprint density at radius 1 is 1.42 bits per heavy atom. The summed E-state index contributed by atoms with van der Waals surface area (Å²) in [4.78, 5) is 16.3. The first kappa shape index (κ1) is 16.9. The zero-order valence-corrected chi connectivity index (χ0v) is 14.3. The number of carbonyl (C=O) groups excluding carboxylic acids is 1. The molecule has 0 radical (unpaired) electrons. The van der Waals surface area contributed by atoms with Crippen LogP contribution in [-0.2, 0) is 16.0 Å². The lowest BCUT2D eigenvalue weighted by molar-refractivity contribution is -0.122. The fourth-order valence-electron chi connectivity index (χ4n) is 2.71. The zero-order valence-electron chi connectivity index (χ0n) is 13.5. The minimum Gasteiger partial charge on any atom is -0.376 e. The Kier molecular flexibility index (Phi) is 5.48. The van der Waals surface area contributed by atoms with E-state index in [1.165, 1.54) is 0 Å². The fraction of sp³-hybridized carbons (Fsp3) is 0.471. The van der Waals surface area contributed by atoms with Crippen molar-refractivity contribution in [3.05, 3.63) is 35.2 Å². The van der Waals surface area contributed by atoms with Crippen LogP contribution in [0.3, 0.4) is 0 Å². The first-order chi connectivity index (χ1) is 11.6. The highest BCUT2D eigenvalue weighted by Gasteiger charge is 2.23. The van der Waals surface area contributed by atoms with Crippen LogP contribution in [0.4, 0.5) is 0 Å². The summed E-state index contributed by atoms with van der Waals surface area (Å²) in [5.74, 6) is 0.902. The van der Waals surface area contributed by atoms with Crippen LogP contribution in [-0.4, -0.2) is 34.8 Å². The van der Waals surface area contributed by atoms with Gasteiger partial charge in [0.15, 0.2) is 0 Å². The van der Waals surface area contributed by atoms with E-state index in [9.17, 15) is 4.79 Å². The summed E-state index contributed by atoms with van der Waals surface area (Å²) in [5.41, 5.74) is 0.825. The van der Waals surface area contributed by atoms with Crippen LogP contribution < -0.4 is 5.32 Å². The number of halogens is 1. The molecule has 6 nitrogen and oxygen atoms in total. The van der Waals surface area contributed by atoms with Gasteiger partial charge in [-0.15, -0.1) is 0 Å². The van der Waals surface area contributed by atoms with E-state index < -0.39 is 0 Å². The zero-order chi connectivity index (χ0) is 16.9. The Balaban J connectivity index is 1.49. The predicted octanol–water partition coefficient (Wildman–Crippen LogP) is 3.01. The molecule has 2 aromatic rings. The van der Waals surface area contributed by atoms with Gasteiger partial charge in [-0.2, -0.15) is 4.98 Å². The van der Waals surface area contributed by atoms with Gasteiger partial charge < -0.3 is 14.6 Å². The summed E-state index contributed by atoms with van der Waals surface area (Å²) in [6.45, 7) is 2.75. The normalized spacial score (nSPS) is 18.5. The van der Waals surface area contributed by atoms with E-state index in [1.54, 1.807) is 12.1 Å². The van der Waals surface area contributed by atoms with Gasteiger partial charge in [-0.3, -0.25) is 4.79 Å². The number of hydrogen-bond acceptors (Lipinski definition) is 5. The minimum atomic E-state index is -0.0377. The smallest absolute Gasteiger partial charge is 0.227 e. The molecular weight excluding hydrogens is 330 g/mol. The molecule has 0 spiro atoms. The average molecular weight is 350 g/mol. The van der Waals surface area contributed by atoms with Crippen molar-refractivity contribution < 1.29 is 14.1 Å². The molecule has 128 valence electrons. The number of benzene rings is 1. The molecule has 2 heterocycles. The second-order valence-electron chi connectivity index (χ2n) is 5.93. The van der Waals surface area contributed by atoms with Crippen molar-refractivity contribution >= 4 is 17.5 Å². The van der Waals surface area contributed by atoms with E-state index in [0.717, 1.165) is 25.0 Å². The standard InChI is InChI=1S/C17H20ClN3O3/c1-11(14-3-2-10-23-14)19-15(22)8-9-16-20-17(21-24-16)12-4-6-13(18)7-5-12/h4-7,11,14H,2-3,8-10H2,1H3,(H,19,22)/t11-,14+/m0/s1. The molecular formula is C17H20ClN3O3. The van der Waals surface area contributed by atoms with Gasteiger partial charge in [0.05, 0.1) is 12.1 Å². The number of carbonyl (C=O) groups is 1. The van der Waals surface area contributed by atoms with Crippen LogP contribution in [0.2, 0.25) is 5.02 Å². The van der Waals surface area contributed by atoms with Crippen molar-refractivity contribution in [1.29, 1.82) is 0 Å². The summed E-state index contributed by atoms with van der Waals surface area (Å²) in [5, 5.41) is 7.56. The molecule has 0 bridgehead atoms. The van der Waals surface area contributed by atoms with E-state index in [0.29, 0.717) is 29.6 Å². The highest BCUT2D eigenvalue weighted by Crippen LogP contribution is 2.19. The van der Waals surface area contributed by atoms with Gasteiger partial charge in [0.25, 0.3) is 0 Å². The first-order valence-corrected chi connectivity index (χ1v) is 8.49. The van der Waals surface area contributed by atoms with Crippen molar-refractivity contribution in [2.24, 2.45) is 0 Å². The van der Waals surface area contributed by atoms with Gasteiger partial charge in [0.2, 0.25) is 17.6 Å². The van der Waals surface area contributed by atoms with Gasteiger partial charge in [-0.05, 0) is 44.0 Å². The molecule has 1 aromatic carbocycles. The van der Waals surface area contributed by atoms with Gasteiger partial charge in [0.1, 0.15) is 0 Å². The fourth-order valence-corrected chi connectivity index (χ4v) is 2.84.